The Hall–Kier alpha value is -3.09. The third-order valence-corrected chi connectivity index (χ3v) is 6.00. The number of nitrogens with zero attached hydrogens (tertiary/aromatic N) is 5. The number of hydrogen-bond donors (Lipinski definition) is 3. The zero-order chi connectivity index (χ0) is 26.6. The van der Waals surface area contributed by atoms with Gasteiger partial charge in [0.15, 0.2) is 0 Å². The maximum absolute atomic E-state index is 13.1. The lowest BCUT2D eigenvalue weighted by Gasteiger charge is -2.30. The smallest absolute Gasteiger partial charge is 0.300 e. The van der Waals surface area contributed by atoms with Gasteiger partial charge in [-0.1, -0.05) is 11.6 Å². The highest BCUT2D eigenvalue weighted by Crippen LogP contribution is 2.48. The van der Waals surface area contributed by atoms with Crippen LogP contribution in [-0.4, -0.2) is 78.3 Å². The molecule has 0 radical (unpaired) electrons. The molecule has 4 atom stereocenters. The minimum absolute atomic E-state index is 0.0851. The van der Waals surface area contributed by atoms with Gasteiger partial charge in [-0.15, -0.1) is 5.10 Å². The number of aromatic nitrogens is 4. The van der Waals surface area contributed by atoms with Gasteiger partial charge in [0, 0.05) is 24.5 Å². The molecule has 4 rings (SSSR count). The highest BCUT2D eigenvalue weighted by atomic mass is 35.5. The Morgan fingerprint density at radius 2 is 2.00 bits per heavy atom. The Morgan fingerprint density at radius 1 is 1.31 bits per heavy atom. The summed E-state index contributed by atoms with van der Waals surface area (Å²) in [6.07, 6.45) is 3.03. The second kappa shape index (κ2) is 11.3. The van der Waals surface area contributed by atoms with E-state index in [1.165, 1.54) is 11.0 Å². The number of carboxylic acids is 1. The van der Waals surface area contributed by atoms with Crippen LogP contribution in [0.25, 0.3) is 5.69 Å². The zero-order valence-corrected chi connectivity index (χ0v) is 21.5. The summed E-state index contributed by atoms with van der Waals surface area (Å²) < 4.78 is 7.18. The summed E-state index contributed by atoms with van der Waals surface area (Å²) >= 11 is 6.15. The number of hydrogen-bond acceptors (Lipinski definition) is 8. The highest BCUT2D eigenvalue weighted by molar-refractivity contribution is 6.30. The van der Waals surface area contributed by atoms with Gasteiger partial charge in [0.05, 0.1) is 17.9 Å². The zero-order valence-electron chi connectivity index (χ0n) is 20.7. The van der Waals surface area contributed by atoms with Crippen LogP contribution in [0.5, 0.6) is 0 Å². The van der Waals surface area contributed by atoms with E-state index in [1.54, 1.807) is 23.1 Å². The largest absolute Gasteiger partial charge is 0.481 e. The summed E-state index contributed by atoms with van der Waals surface area (Å²) in [6.45, 7) is 7.15. The summed E-state index contributed by atoms with van der Waals surface area (Å²) in [5.41, 5.74) is 7.20. The lowest BCUT2D eigenvalue weighted by molar-refractivity contribution is -0.142. The van der Waals surface area contributed by atoms with Crippen LogP contribution in [0.2, 0.25) is 5.02 Å². The van der Waals surface area contributed by atoms with E-state index in [4.69, 9.17) is 32.0 Å². The molecule has 2 heterocycles. The first-order valence-electron chi connectivity index (χ1n) is 11.6. The van der Waals surface area contributed by atoms with Crippen molar-refractivity contribution in [3.8, 4) is 5.69 Å². The van der Waals surface area contributed by atoms with E-state index in [0.29, 0.717) is 23.0 Å². The average molecular weight is 522 g/mol. The molecule has 2 aromatic rings. The van der Waals surface area contributed by atoms with E-state index in [-0.39, 0.29) is 31.0 Å². The van der Waals surface area contributed by atoms with Crippen LogP contribution < -0.4 is 11.1 Å². The first-order valence-corrected chi connectivity index (χ1v) is 12.0. The number of nitrogens with one attached hydrogen (secondary N) is 1. The number of carbonyl (C=O) groups excluding carboxylic acids is 2. The van der Waals surface area contributed by atoms with Gasteiger partial charge >= 0.3 is 0 Å². The fourth-order valence-corrected chi connectivity index (χ4v) is 4.30. The van der Waals surface area contributed by atoms with Crippen molar-refractivity contribution in [1.82, 2.24) is 30.4 Å². The predicted molar refractivity (Wildman–Crippen MR) is 130 cm³/mol. The lowest BCUT2D eigenvalue weighted by Crippen LogP contribution is -2.54. The van der Waals surface area contributed by atoms with Crippen LogP contribution in [0, 0.1) is 5.92 Å². The topological polar surface area (TPSA) is 166 Å². The van der Waals surface area contributed by atoms with Gasteiger partial charge in [-0.05, 0) is 73.7 Å². The number of rotatable bonds is 7. The number of halogens is 1. The van der Waals surface area contributed by atoms with Gasteiger partial charge in [0.2, 0.25) is 11.8 Å². The van der Waals surface area contributed by atoms with E-state index in [0.717, 1.165) is 18.9 Å². The van der Waals surface area contributed by atoms with Gasteiger partial charge in [-0.3, -0.25) is 14.4 Å². The molecule has 2 amide bonds. The number of aliphatic carboxylic acids is 1. The molecule has 1 aromatic heterocycles. The highest BCUT2D eigenvalue weighted by Gasteiger charge is 2.56. The summed E-state index contributed by atoms with van der Waals surface area (Å²) in [6, 6.07) is 4.02. The van der Waals surface area contributed by atoms with E-state index >= 15 is 0 Å². The molecular formula is C23H32ClN7O5. The molecule has 1 saturated carbocycles. The molecule has 1 aromatic carbocycles. The van der Waals surface area contributed by atoms with Crippen LogP contribution in [0.4, 0.5) is 0 Å². The van der Waals surface area contributed by atoms with Crippen molar-refractivity contribution in [1.29, 1.82) is 0 Å². The predicted octanol–water partition coefficient (Wildman–Crippen LogP) is 1.15. The number of tetrazole rings is 1. The molecule has 0 unspecified atom stereocenters. The molecular weight excluding hydrogens is 490 g/mol. The molecule has 12 nitrogen and oxygen atoms in total. The summed E-state index contributed by atoms with van der Waals surface area (Å²) in [5, 5.41) is 22.1. The van der Waals surface area contributed by atoms with Gasteiger partial charge < -0.3 is 25.8 Å². The van der Waals surface area contributed by atoms with Crippen molar-refractivity contribution in [2.45, 2.75) is 70.8 Å². The molecule has 196 valence electrons. The SMILES string of the molecule is CC(=O)O.CC(C)(C)OC[C@@H](N)C(=O)N1[C@H](C(=O)NCc2cc(Cl)ccc2-n2cnnn2)C[C@@H]2C[C@@H]21. The van der Waals surface area contributed by atoms with E-state index in [9.17, 15) is 9.59 Å². The van der Waals surface area contributed by atoms with Gasteiger partial charge in [-0.2, -0.15) is 0 Å². The molecule has 4 N–H and O–H groups in total. The van der Waals surface area contributed by atoms with Crippen LogP contribution in [0.15, 0.2) is 24.5 Å². The van der Waals surface area contributed by atoms with E-state index in [1.807, 2.05) is 20.8 Å². The molecule has 0 bridgehead atoms. The number of amides is 2. The number of carbonyl (C=O) groups is 3. The first-order chi connectivity index (χ1) is 16.9. The first kappa shape index (κ1) is 27.5. The Balaban J connectivity index is 0.000000840. The van der Waals surface area contributed by atoms with Crippen molar-refractivity contribution in [2.24, 2.45) is 11.7 Å². The molecule has 13 heteroatoms. The third-order valence-electron chi connectivity index (χ3n) is 5.77. The second-order valence-electron chi connectivity index (χ2n) is 9.85. The molecule has 2 aliphatic rings. The molecule has 36 heavy (non-hydrogen) atoms. The molecule has 1 aliphatic carbocycles. The maximum Gasteiger partial charge on any atom is 0.300 e. The third kappa shape index (κ3) is 7.21. The van der Waals surface area contributed by atoms with Crippen molar-refractivity contribution in [2.75, 3.05) is 6.61 Å². The number of piperidine rings is 1. The van der Waals surface area contributed by atoms with Crippen molar-refractivity contribution < 1.29 is 24.2 Å². The maximum atomic E-state index is 13.1. The minimum atomic E-state index is -0.833. The summed E-state index contributed by atoms with van der Waals surface area (Å²) in [5.74, 6) is -0.929. The number of carboxylic acid groups (broad SMARTS) is 1. The van der Waals surface area contributed by atoms with E-state index < -0.39 is 23.7 Å². The monoisotopic (exact) mass is 521 g/mol. The fourth-order valence-electron chi connectivity index (χ4n) is 4.10. The molecule has 2 fully saturated rings. The second-order valence-corrected chi connectivity index (χ2v) is 10.3. The average Bonchev–Trinajstić information content (AvgIpc) is 3.19. The van der Waals surface area contributed by atoms with Crippen molar-refractivity contribution >= 4 is 29.4 Å². The van der Waals surface area contributed by atoms with Gasteiger partial charge in [-0.25, -0.2) is 4.68 Å². The van der Waals surface area contributed by atoms with E-state index in [2.05, 4.69) is 20.8 Å². The lowest BCUT2D eigenvalue weighted by atomic mass is 10.1. The van der Waals surface area contributed by atoms with Crippen LogP contribution in [0.3, 0.4) is 0 Å². The number of benzene rings is 1. The number of ether oxygens (including phenoxy) is 1. The quantitative estimate of drug-likeness (QED) is 0.484. The summed E-state index contributed by atoms with van der Waals surface area (Å²) in [7, 11) is 0. The van der Waals surface area contributed by atoms with Gasteiger partial charge in [0.1, 0.15) is 18.4 Å². The summed E-state index contributed by atoms with van der Waals surface area (Å²) in [4.78, 5) is 36.8. The number of fused-ring (bicyclic) bond motifs is 1. The molecule has 1 saturated heterocycles. The van der Waals surface area contributed by atoms with Crippen LogP contribution in [0.1, 0.15) is 46.1 Å². The Bertz CT molecular complexity index is 1090. The normalized spacial score (nSPS) is 21.2. The van der Waals surface area contributed by atoms with Gasteiger partial charge in [0.25, 0.3) is 5.97 Å². The molecule has 1 aliphatic heterocycles. The number of likely N-dealkylation sites (tertiary alicyclic amines) is 1. The van der Waals surface area contributed by atoms with Crippen LogP contribution in [-0.2, 0) is 25.7 Å². The Morgan fingerprint density at radius 3 is 2.61 bits per heavy atom. The standard InChI is InChI=1S/C21H28ClN7O3.C2H4O2/c1-21(2,3)32-10-15(23)20(31)29-17-7-12(17)8-18(29)19(30)24-9-13-6-14(22)4-5-16(13)28-11-25-26-27-28;1-2(3)4/h4-6,11-12,15,17-18H,7-10,23H2,1-3H3,(H,24,30);1H3,(H,3,4)/t12-,15+,17-,18-;/m0./s1. The Labute approximate surface area is 214 Å². The minimum Gasteiger partial charge on any atom is -0.481 e. The van der Waals surface area contributed by atoms with Crippen LogP contribution >= 0.6 is 11.6 Å². The fraction of sp³-hybridized carbons (Fsp3) is 0.565. The number of nitrogens with two attached hydrogens (primary N) is 1. The Kier molecular flexibility index (Phi) is 8.64. The van der Waals surface area contributed by atoms with Crippen molar-refractivity contribution in [3.05, 3.63) is 35.1 Å². The molecule has 0 spiro atoms. The van der Waals surface area contributed by atoms with Crippen molar-refractivity contribution in [3.63, 3.8) is 0 Å².